The molecule has 3 aromatic carbocycles. The van der Waals surface area contributed by atoms with Gasteiger partial charge in [-0.25, -0.2) is 15.0 Å². The summed E-state index contributed by atoms with van der Waals surface area (Å²) < 4.78 is 0. The highest BCUT2D eigenvalue weighted by molar-refractivity contribution is 7.12. The Hall–Kier alpha value is -2.70. The van der Waals surface area contributed by atoms with Gasteiger partial charge >= 0.3 is 0 Å². The Kier molecular flexibility index (Phi) is 17.5. The second-order valence-corrected chi connectivity index (χ2v) is 20.7. The highest BCUT2D eigenvalue weighted by Crippen LogP contribution is 2.36. The highest BCUT2D eigenvalue weighted by Gasteiger charge is 2.23. The number of rotatable bonds is 10. The maximum Gasteiger partial charge on any atom is 0.0975 e. The summed E-state index contributed by atoms with van der Waals surface area (Å²) in [7, 11) is 0. The monoisotopic (exact) mass is 918 g/mol. The number of benzene rings is 3. The molecule has 6 aromatic rings. The number of piperidine rings is 3. The Labute approximate surface area is 384 Å². The van der Waals surface area contributed by atoms with E-state index in [0.29, 0.717) is 17.8 Å². The molecule has 0 saturated carbocycles. The van der Waals surface area contributed by atoms with Gasteiger partial charge in [-0.05, 0) is 162 Å². The van der Waals surface area contributed by atoms with Crippen molar-refractivity contribution in [3.8, 4) is 0 Å². The molecule has 3 aromatic heterocycles. The number of aromatic nitrogens is 3. The number of nitrogens with one attached hydrogen (secondary N) is 3. The Morgan fingerprint density at radius 2 is 0.917 bits per heavy atom. The molecule has 6 heterocycles. The van der Waals surface area contributed by atoms with E-state index in [1.54, 1.807) is 0 Å². The molecule has 0 radical (unpaired) electrons. The van der Waals surface area contributed by atoms with E-state index >= 15 is 0 Å². The second kappa shape index (κ2) is 23.1. The van der Waals surface area contributed by atoms with Crippen LogP contribution in [0.5, 0.6) is 0 Å². The van der Waals surface area contributed by atoms with Crippen LogP contribution in [0.15, 0.2) is 79.0 Å². The van der Waals surface area contributed by atoms with Crippen LogP contribution >= 0.6 is 68.8 Å². The topological polar surface area (TPSA) is 74.8 Å². The highest BCUT2D eigenvalue weighted by atomic mass is 35.5. The fraction of sp³-hybridized carbons (Fsp3) is 0.438. The van der Waals surface area contributed by atoms with Crippen LogP contribution in [0.3, 0.4) is 0 Å². The number of hydrogen-bond donors (Lipinski definition) is 3. The van der Waals surface area contributed by atoms with Gasteiger partial charge in [0, 0.05) is 55.2 Å². The third-order valence-corrected chi connectivity index (χ3v) is 16.0. The van der Waals surface area contributed by atoms with Crippen molar-refractivity contribution in [3.63, 3.8) is 0 Å². The molecule has 6 nitrogen and oxygen atoms in total. The minimum atomic E-state index is 0.702. The van der Waals surface area contributed by atoms with E-state index in [0.717, 1.165) is 80.0 Å². The Bertz CT molecular complexity index is 2180. The van der Waals surface area contributed by atoms with Gasteiger partial charge in [0.2, 0.25) is 0 Å². The molecule has 3 aliphatic rings. The first-order valence-electron chi connectivity index (χ1n) is 21.5. The summed E-state index contributed by atoms with van der Waals surface area (Å²) in [4.78, 5) is 18.7. The van der Waals surface area contributed by atoms with Crippen LogP contribution < -0.4 is 16.0 Å². The number of thiazole rings is 3. The summed E-state index contributed by atoms with van der Waals surface area (Å²) in [5, 5.41) is 16.3. The first-order valence-corrected chi connectivity index (χ1v) is 25.1. The summed E-state index contributed by atoms with van der Waals surface area (Å²) in [6.07, 6.45) is 13.3. The van der Waals surface area contributed by atoms with E-state index in [4.69, 9.17) is 44.8 Å². The molecule has 60 heavy (non-hydrogen) atoms. The molecule has 3 fully saturated rings. The van der Waals surface area contributed by atoms with Gasteiger partial charge in [-0.3, -0.25) is 0 Å². The molecular formula is C48H57Cl3N6S3. The van der Waals surface area contributed by atoms with Crippen molar-refractivity contribution in [3.05, 3.63) is 152 Å². The number of nitrogens with zero attached hydrogens (tertiary/aromatic N) is 3. The van der Waals surface area contributed by atoms with E-state index in [2.05, 4.69) is 77.4 Å². The lowest BCUT2D eigenvalue weighted by molar-refractivity contribution is 0.463. The summed E-state index contributed by atoms with van der Waals surface area (Å²) in [5.74, 6) is 2.11. The molecule has 0 bridgehead atoms. The van der Waals surface area contributed by atoms with E-state index < -0.39 is 0 Å². The molecule has 3 N–H and O–H groups in total. The molecule has 0 amide bonds. The number of halogens is 3. The zero-order chi connectivity index (χ0) is 41.7. The van der Waals surface area contributed by atoms with Crippen LogP contribution in [0.2, 0.25) is 15.1 Å². The first-order chi connectivity index (χ1) is 29.3. The quantitative estimate of drug-likeness (QED) is 0.127. The first kappa shape index (κ1) is 45.3. The Morgan fingerprint density at radius 1 is 0.517 bits per heavy atom. The molecule has 0 atom stereocenters. The SMILES string of the molecule is CCc1nc(Cc2ccc(Cl)cc2)sc1C1CCNCC1.Cc1nc(Cc2ccc(Cl)cc2)sc1C1CCNCC1.Clc1ccc(Cc2ncc(C3CCNCC3)s2)cc1. The minimum absolute atomic E-state index is 0.702. The van der Waals surface area contributed by atoms with E-state index in [1.165, 1.54) is 96.3 Å². The molecule has 0 spiro atoms. The van der Waals surface area contributed by atoms with Crippen LogP contribution in [0.25, 0.3) is 0 Å². The maximum absolute atomic E-state index is 5.95. The molecule has 3 saturated heterocycles. The molecule has 9 rings (SSSR count). The average Bonchev–Trinajstić information content (AvgIpc) is 4.03. The van der Waals surface area contributed by atoms with E-state index in [1.807, 2.05) is 70.4 Å². The van der Waals surface area contributed by atoms with Crippen molar-refractivity contribution >= 4 is 68.8 Å². The predicted octanol–water partition coefficient (Wildman–Crippen LogP) is 12.4. The fourth-order valence-electron chi connectivity index (χ4n) is 8.18. The van der Waals surface area contributed by atoms with E-state index in [-0.39, 0.29) is 0 Å². The summed E-state index contributed by atoms with van der Waals surface area (Å²) in [6.45, 7) is 11.2. The molecule has 0 unspecified atom stereocenters. The van der Waals surface area contributed by atoms with Crippen molar-refractivity contribution in [2.75, 3.05) is 39.3 Å². The number of aryl methyl sites for hydroxylation is 2. The van der Waals surface area contributed by atoms with Gasteiger partial charge in [0.1, 0.15) is 0 Å². The van der Waals surface area contributed by atoms with Crippen molar-refractivity contribution < 1.29 is 0 Å². The van der Waals surface area contributed by atoms with Gasteiger partial charge < -0.3 is 16.0 Å². The normalized spacial score (nSPS) is 16.5. The van der Waals surface area contributed by atoms with Crippen molar-refractivity contribution in [2.45, 2.75) is 95.8 Å². The molecule has 12 heteroatoms. The van der Waals surface area contributed by atoms with Crippen molar-refractivity contribution in [2.24, 2.45) is 0 Å². The molecule has 318 valence electrons. The molecule has 0 aliphatic carbocycles. The second-order valence-electron chi connectivity index (χ2n) is 16.0. The zero-order valence-corrected chi connectivity index (χ0v) is 39.5. The van der Waals surface area contributed by atoms with Gasteiger partial charge in [-0.15, -0.1) is 34.0 Å². The van der Waals surface area contributed by atoms with Crippen LogP contribution in [0.4, 0.5) is 0 Å². The third-order valence-electron chi connectivity index (χ3n) is 11.5. The van der Waals surface area contributed by atoms with Crippen molar-refractivity contribution in [1.82, 2.24) is 30.9 Å². The smallest absolute Gasteiger partial charge is 0.0975 e. The van der Waals surface area contributed by atoms with Gasteiger partial charge in [0.15, 0.2) is 0 Å². The van der Waals surface area contributed by atoms with Gasteiger partial charge in [0.25, 0.3) is 0 Å². The van der Waals surface area contributed by atoms with Gasteiger partial charge in [-0.1, -0.05) is 78.1 Å². The lowest BCUT2D eigenvalue weighted by Crippen LogP contribution is -2.26. The van der Waals surface area contributed by atoms with Crippen molar-refractivity contribution in [1.29, 1.82) is 0 Å². The minimum Gasteiger partial charge on any atom is -0.317 e. The molecule has 3 aliphatic heterocycles. The fourth-order valence-corrected chi connectivity index (χ4v) is 12.3. The van der Waals surface area contributed by atoms with Crippen LogP contribution in [0.1, 0.15) is 121 Å². The average molecular weight is 921 g/mol. The van der Waals surface area contributed by atoms with Crippen LogP contribution in [0, 0.1) is 6.92 Å². The molecular weight excluding hydrogens is 863 g/mol. The third kappa shape index (κ3) is 13.4. The van der Waals surface area contributed by atoms with E-state index in [9.17, 15) is 0 Å². The number of hydrogen-bond acceptors (Lipinski definition) is 9. The van der Waals surface area contributed by atoms with Gasteiger partial charge in [0.05, 0.1) is 26.4 Å². The standard InChI is InChI=1S/C17H21ClN2S.C16H19ClN2S.C15H17ClN2S/c1-2-15-17(13-7-9-19-10-8-13)21-16(20-15)11-12-3-5-14(18)6-4-12;1-11-16(13-6-8-18-9-7-13)20-15(19-11)10-12-2-4-14(17)5-3-12;16-13-3-1-11(2-4-13)9-15-18-10-14(19-15)12-5-7-17-8-6-12/h3-6,13,19H,2,7-11H2,1H3;2-5,13,18H,6-10H2,1H3;1-4,10,12,17H,5-9H2. The predicted molar refractivity (Wildman–Crippen MR) is 258 cm³/mol. The maximum atomic E-state index is 5.95. The Morgan fingerprint density at radius 3 is 1.38 bits per heavy atom. The lowest BCUT2D eigenvalue weighted by atomic mass is 9.95. The largest absolute Gasteiger partial charge is 0.317 e. The van der Waals surface area contributed by atoms with Gasteiger partial charge in [-0.2, -0.15) is 0 Å². The summed E-state index contributed by atoms with van der Waals surface area (Å²) >= 11 is 23.5. The lowest BCUT2D eigenvalue weighted by Gasteiger charge is -2.22. The Balaban J connectivity index is 0.000000136. The summed E-state index contributed by atoms with van der Waals surface area (Å²) in [5.41, 5.74) is 6.38. The summed E-state index contributed by atoms with van der Waals surface area (Å²) in [6, 6.07) is 24.2. The van der Waals surface area contributed by atoms with Crippen LogP contribution in [-0.4, -0.2) is 54.2 Å². The zero-order valence-electron chi connectivity index (χ0n) is 34.8. The van der Waals surface area contributed by atoms with Crippen LogP contribution in [-0.2, 0) is 25.7 Å².